The smallest absolute Gasteiger partial charge is 0.259 e. The predicted octanol–water partition coefficient (Wildman–Crippen LogP) is 15.6. The Morgan fingerprint density at radius 2 is 0.632 bits per heavy atom. The first kappa shape index (κ1) is 44.7. The van der Waals surface area contributed by atoms with E-state index in [1.165, 1.54) is 0 Å². The summed E-state index contributed by atoms with van der Waals surface area (Å²) in [6, 6.07) is 0. The van der Waals surface area contributed by atoms with Crippen LogP contribution >= 0.6 is 45.6 Å². The van der Waals surface area contributed by atoms with Crippen molar-refractivity contribution in [1.29, 1.82) is 0 Å². The quantitative estimate of drug-likeness (QED) is 0.213. The minimum absolute atomic E-state index is 0.0433. The molecule has 8 aliphatic rings. The van der Waals surface area contributed by atoms with Gasteiger partial charge in [0.1, 0.15) is 0 Å². The Balaban J connectivity index is 0.983. The van der Waals surface area contributed by atoms with Crippen LogP contribution in [0.2, 0.25) is 0 Å². The molecule has 6 aliphatic carbocycles. The summed E-state index contributed by atoms with van der Waals surface area (Å²) in [6.07, 6.45) is 20.6. The molecule has 12 nitrogen and oxygen atoms in total. The molecule has 2 saturated heterocycles. The van der Waals surface area contributed by atoms with Crippen molar-refractivity contribution in [3.63, 3.8) is 0 Å². The van der Waals surface area contributed by atoms with Crippen molar-refractivity contribution < 1.29 is 53.3 Å². The van der Waals surface area contributed by atoms with E-state index in [1.807, 2.05) is 0 Å². The largest absolute Gasteiger partial charge is 0.348 e. The number of hydrogen-bond donors (Lipinski definition) is 0. The van der Waals surface area contributed by atoms with E-state index < -0.39 is 79.5 Å². The van der Waals surface area contributed by atoms with Gasteiger partial charge < -0.3 is 0 Å². The molecule has 6 unspecified atom stereocenters. The lowest BCUT2D eigenvalue weighted by molar-refractivity contribution is 0.203. The Hall–Kier alpha value is 1.14. The maximum Gasteiger partial charge on any atom is 0.348 e. The lowest BCUT2D eigenvalue weighted by atomic mass is 9.77. The van der Waals surface area contributed by atoms with Crippen LogP contribution in [0.1, 0.15) is 187 Å². The van der Waals surface area contributed by atoms with Crippen molar-refractivity contribution in [2.75, 3.05) is 0 Å². The maximum atomic E-state index is 15.3. The van der Waals surface area contributed by atoms with Gasteiger partial charge in [-0.2, -0.15) is 0 Å². The summed E-state index contributed by atoms with van der Waals surface area (Å²) >= 11 is 0. The SMILES string of the molecule is CC1CCC(P2(=O)OP(=O)(C3CCC(C)CC3)OP(=O)(C3CCC(CC4CCCCC4P4(=O)OP(=O)(C5CCCCC5)OP(=O)(C5CCCCC5)O4)CC3)O2)CC1. The summed E-state index contributed by atoms with van der Waals surface area (Å²) < 4.78 is 126. The monoisotopic (exact) mass is 916 g/mol. The van der Waals surface area contributed by atoms with Crippen LogP contribution < -0.4 is 0 Å². The highest BCUT2D eigenvalue weighted by molar-refractivity contribution is 7.81. The topological polar surface area (TPSA) is 158 Å². The Morgan fingerprint density at radius 1 is 0.333 bits per heavy atom. The summed E-state index contributed by atoms with van der Waals surface area (Å²) in [6.45, 7) is 4.36. The van der Waals surface area contributed by atoms with Gasteiger partial charge in [-0.1, -0.05) is 65.2 Å². The van der Waals surface area contributed by atoms with Gasteiger partial charge in [0.2, 0.25) is 0 Å². The maximum absolute atomic E-state index is 15.3. The van der Waals surface area contributed by atoms with E-state index in [9.17, 15) is 18.3 Å². The summed E-state index contributed by atoms with van der Waals surface area (Å²) in [7, 11) is -24.1. The van der Waals surface area contributed by atoms with E-state index in [-0.39, 0.29) is 11.8 Å². The molecule has 8 rings (SSSR count). The summed E-state index contributed by atoms with van der Waals surface area (Å²) in [5, 5.41) is 0. The van der Waals surface area contributed by atoms with Crippen molar-refractivity contribution in [2.45, 2.75) is 221 Å². The normalized spacial score (nSPS) is 51.3. The third-order valence-corrected chi connectivity index (χ3v) is 34.9. The fraction of sp³-hybridized carbons (Fsp3) is 1.00. The van der Waals surface area contributed by atoms with Crippen molar-refractivity contribution >= 4 is 45.6 Å². The predicted molar refractivity (Wildman–Crippen MR) is 225 cm³/mol. The van der Waals surface area contributed by atoms with Crippen LogP contribution in [0.4, 0.5) is 0 Å². The molecule has 18 heteroatoms. The number of rotatable bonds is 8. The highest BCUT2D eigenvalue weighted by Crippen LogP contribution is 2.89. The Kier molecular flexibility index (Phi) is 14.1. The molecule has 2 heterocycles. The highest BCUT2D eigenvalue weighted by atomic mass is 31.3. The molecule has 0 aromatic rings. The lowest BCUT2D eigenvalue weighted by Crippen LogP contribution is -2.33. The summed E-state index contributed by atoms with van der Waals surface area (Å²) in [4.78, 5) is 0. The van der Waals surface area contributed by atoms with Gasteiger partial charge in [-0.25, -0.2) is 25.9 Å². The van der Waals surface area contributed by atoms with E-state index in [1.54, 1.807) is 0 Å². The molecule has 0 amide bonds. The molecule has 0 aromatic heterocycles. The van der Waals surface area contributed by atoms with Crippen molar-refractivity contribution in [2.24, 2.45) is 23.7 Å². The van der Waals surface area contributed by atoms with Crippen molar-refractivity contribution in [3.8, 4) is 0 Å². The Labute approximate surface area is 342 Å². The zero-order valence-electron chi connectivity index (χ0n) is 34.4. The Bertz CT molecular complexity index is 1610. The van der Waals surface area contributed by atoms with Crippen LogP contribution in [-0.2, 0) is 53.3 Å². The van der Waals surface area contributed by atoms with Gasteiger partial charge in [0, 0.05) is 0 Å². The average Bonchev–Trinajstić information content (AvgIpc) is 3.18. The zero-order valence-corrected chi connectivity index (χ0v) is 39.8. The second-order valence-corrected chi connectivity index (χ2v) is 34.4. The molecule has 0 aromatic carbocycles. The fourth-order valence-electron chi connectivity index (χ4n) is 11.7. The number of hydrogen-bond acceptors (Lipinski definition) is 12. The van der Waals surface area contributed by atoms with Crippen LogP contribution in [0, 0.1) is 23.7 Å². The fourth-order valence-corrected chi connectivity index (χ4v) is 34.1. The third kappa shape index (κ3) is 9.66. The van der Waals surface area contributed by atoms with Gasteiger partial charge in [-0.15, -0.1) is 0 Å². The van der Waals surface area contributed by atoms with Crippen molar-refractivity contribution in [3.05, 3.63) is 0 Å². The lowest BCUT2D eigenvalue weighted by Gasteiger charge is -2.46. The zero-order chi connectivity index (χ0) is 40.1. The molecular weight excluding hydrogens is 846 g/mol. The van der Waals surface area contributed by atoms with Crippen LogP contribution in [0.3, 0.4) is 0 Å². The first-order valence-corrected chi connectivity index (χ1v) is 32.7. The van der Waals surface area contributed by atoms with E-state index in [4.69, 9.17) is 25.9 Å². The molecule has 0 N–H and O–H groups in total. The van der Waals surface area contributed by atoms with Gasteiger partial charge in [0.15, 0.2) is 0 Å². The highest BCUT2D eigenvalue weighted by Gasteiger charge is 2.63. The minimum atomic E-state index is -4.11. The minimum Gasteiger partial charge on any atom is -0.259 e. The molecule has 57 heavy (non-hydrogen) atoms. The van der Waals surface area contributed by atoms with E-state index in [0.717, 1.165) is 89.9 Å². The van der Waals surface area contributed by atoms with Crippen LogP contribution in [0.25, 0.3) is 0 Å². The second-order valence-electron chi connectivity index (χ2n) is 19.7. The molecule has 6 saturated carbocycles. The third-order valence-electron chi connectivity index (χ3n) is 15.4. The second kappa shape index (κ2) is 18.0. The molecule has 6 atom stereocenters. The molecular formula is C39H70O12P6. The summed E-state index contributed by atoms with van der Waals surface area (Å²) in [5.41, 5.74) is -2.74. The molecule has 0 radical (unpaired) electrons. The van der Waals surface area contributed by atoms with Gasteiger partial charge in [-0.05, 0) is 146 Å². The van der Waals surface area contributed by atoms with Gasteiger partial charge >= 0.3 is 45.6 Å². The molecule has 328 valence electrons. The van der Waals surface area contributed by atoms with E-state index in [0.29, 0.717) is 95.3 Å². The van der Waals surface area contributed by atoms with Crippen LogP contribution in [-0.4, -0.2) is 34.0 Å². The molecule has 8 fully saturated rings. The van der Waals surface area contributed by atoms with E-state index >= 15 is 9.13 Å². The van der Waals surface area contributed by atoms with Crippen molar-refractivity contribution in [1.82, 2.24) is 0 Å². The van der Waals surface area contributed by atoms with Gasteiger partial charge in [0.05, 0.1) is 34.0 Å². The first-order valence-electron chi connectivity index (χ1n) is 23.0. The van der Waals surface area contributed by atoms with E-state index in [2.05, 4.69) is 13.8 Å². The molecule has 2 aliphatic heterocycles. The van der Waals surface area contributed by atoms with Gasteiger partial charge in [-0.3, -0.25) is 27.4 Å². The Morgan fingerprint density at radius 3 is 1.02 bits per heavy atom. The van der Waals surface area contributed by atoms with Gasteiger partial charge in [0.25, 0.3) is 0 Å². The van der Waals surface area contributed by atoms with Crippen LogP contribution in [0.15, 0.2) is 0 Å². The molecule has 0 spiro atoms. The first-order chi connectivity index (χ1) is 27.1. The standard InChI is InChI=1S/C39H70O12P6/c1-30-17-23-36(24-18-30)54(42)47-55(43,37-25-19-31(2)20-26-37)49-56(44,48-54)38-27-21-32(22-28-38)29-33-11-9-10-16-39(33)57(45)50-52(40,34-12-5-3-6-13-34)46-53(41,51-57)35-14-7-4-8-15-35/h30-39H,3-29H2,1-2H3. The average molecular weight is 917 g/mol. The molecule has 0 bridgehead atoms. The summed E-state index contributed by atoms with van der Waals surface area (Å²) in [5.74, 6) is 1.16. The van der Waals surface area contributed by atoms with Crippen LogP contribution in [0.5, 0.6) is 0 Å².